The molecule has 3 aromatic rings. The van der Waals surface area contributed by atoms with Crippen molar-refractivity contribution in [2.24, 2.45) is 14.1 Å². The van der Waals surface area contributed by atoms with Gasteiger partial charge in [0.15, 0.2) is 0 Å². The predicted molar refractivity (Wildman–Crippen MR) is 124 cm³/mol. The quantitative estimate of drug-likeness (QED) is 0.652. The number of nitrogens with zero attached hydrogens (tertiary/aromatic N) is 3. The minimum absolute atomic E-state index is 0.0874. The second kappa shape index (κ2) is 8.75. The topological polar surface area (TPSA) is 80.5 Å². The Morgan fingerprint density at radius 3 is 2.26 bits per heavy atom. The van der Waals surface area contributed by atoms with Gasteiger partial charge in [0.1, 0.15) is 5.75 Å². The maximum atomic E-state index is 12.8. The van der Waals surface area contributed by atoms with E-state index < -0.39 is 0 Å². The van der Waals surface area contributed by atoms with E-state index in [1.54, 1.807) is 35.4 Å². The van der Waals surface area contributed by atoms with Crippen LogP contribution in [-0.2, 0) is 14.1 Å². The third kappa shape index (κ3) is 4.23. The van der Waals surface area contributed by atoms with Crippen molar-refractivity contribution in [1.29, 1.82) is 0 Å². The summed E-state index contributed by atoms with van der Waals surface area (Å²) in [4.78, 5) is 27.5. The highest BCUT2D eigenvalue weighted by atomic mass is 16.5. The number of aromatic nitrogens is 2. The molecule has 1 saturated heterocycles. The molecule has 2 heterocycles. The van der Waals surface area contributed by atoms with E-state index >= 15 is 0 Å². The molecule has 31 heavy (non-hydrogen) atoms. The molecule has 1 aliphatic heterocycles. The Bertz CT molecular complexity index is 1140. The van der Waals surface area contributed by atoms with E-state index in [2.05, 4.69) is 15.5 Å². The smallest absolute Gasteiger partial charge is 0.328 e. The minimum Gasteiger partial charge on any atom is -0.494 e. The summed E-state index contributed by atoms with van der Waals surface area (Å²) in [7, 11) is 3.52. The standard InChI is InChI=1S/C23H29N5O3/c1-4-31-17-10-8-16(9-11-17)24-22(29)25-18-14-20-21(27(3)23(30)26(20)2)15-19(18)28-12-6-5-7-13-28/h8-11,14-15H,4-7,12-13H2,1-3H3,(H2,24,25,29). The van der Waals surface area contributed by atoms with Gasteiger partial charge in [-0.3, -0.25) is 9.13 Å². The molecule has 2 amide bonds. The molecule has 8 heteroatoms. The molecule has 0 saturated carbocycles. The molecular weight excluding hydrogens is 394 g/mol. The minimum atomic E-state index is -0.331. The number of carbonyl (C=O) groups excluding carboxylic acids is 1. The van der Waals surface area contributed by atoms with Gasteiger partial charge in [0.05, 0.1) is 29.0 Å². The van der Waals surface area contributed by atoms with E-state index in [0.29, 0.717) is 18.0 Å². The molecule has 0 radical (unpaired) electrons. The number of ether oxygens (including phenoxy) is 1. The van der Waals surface area contributed by atoms with Crippen LogP contribution < -0.4 is 26.0 Å². The van der Waals surface area contributed by atoms with Crippen LogP contribution in [0.1, 0.15) is 26.2 Å². The van der Waals surface area contributed by atoms with Crippen LogP contribution in [0.15, 0.2) is 41.2 Å². The number of amides is 2. The van der Waals surface area contributed by atoms with Gasteiger partial charge in [-0.25, -0.2) is 9.59 Å². The lowest BCUT2D eigenvalue weighted by atomic mass is 10.1. The SMILES string of the molecule is CCOc1ccc(NC(=O)Nc2cc3c(cc2N2CCCCC2)n(C)c(=O)n3C)cc1. The van der Waals surface area contributed by atoms with Crippen molar-refractivity contribution in [3.8, 4) is 5.75 Å². The zero-order chi connectivity index (χ0) is 22.0. The summed E-state index contributed by atoms with van der Waals surface area (Å²) < 4.78 is 8.69. The van der Waals surface area contributed by atoms with Crippen LogP contribution in [0.3, 0.4) is 0 Å². The predicted octanol–water partition coefficient (Wildman–Crippen LogP) is 3.91. The van der Waals surface area contributed by atoms with Gasteiger partial charge < -0.3 is 20.3 Å². The highest BCUT2D eigenvalue weighted by Crippen LogP contribution is 2.33. The molecule has 0 atom stereocenters. The largest absolute Gasteiger partial charge is 0.494 e. The Labute approximate surface area is 181 Å². The lowest BCUT2D eigenvalue weighted by Crippen LogP contribution is -2.31. The molecule has 0 bridgehead atoms. The monoisotopic (exact) mass is 423 g/mol. The number of nitrogens with one attached hydrogen (secondary N) is 2. The van der Waals surface area contributed by atoms with Crippen molar-refractivity contribution >= 4 is 34.1 Å². The number of hydrogen-bond donors (Lipinski definition) is 2. The van der Waals surface area contributed by atoms with E-state index in [-0.39, 0.29) is 11.7 Å². The van der Waals surface area contributed by atoms with Crippen molar-refractivity contribution in [3.63, 3.8) is 0 Å². The number of fused-ring (bicyclic) bond motifs is 1. The van der Waals surface area contributed by atoms with Gasteiger partial charge in [-0.15, -0.1) is 0 Å². The number of carbonyl (C=O) groups is 1. The van der Waals surface area contributed by atoms with Crippen molar-refractivity contribution < 1.29 is 9.53 Å². The highest BCUT2D eigenvalue weighted by Gasteiger charge is 2.20. The van der Waals surface area contributed by atoms with Crippen molar-refractivity contribution in [1.82, 2.24) is 9.13 Å². The number of benzene rings is 2. The van der Waals surface area contributed by atoms with Crippen LogP contribution in [-0.4, -0.2) is 34.9 Å². The summed E-state index contributed by atoms with van der Waals surface area (Å²) in [6.45, 7) is 4.39. The zero-order valence-corrected chi connectivity index (χ0v) is 18.3. The Hall–Kier alpha value is -3.42. The molecular formula is C23H29N5O3. The summed E-state index contributed by atoms with van der Waals surface area (Å²) in [5.74, 6) is 0.760. The third-order valence-electron chi connectivity index (χ3n) is 5.76. The van der Waals surface area contributed by atoms with Crippen LogP contribution in [0, 0.1) is 0 Å². The number of rotatable bonds is 5. The summed E-state index contributed by atoms with van der Waals surface area (Å²) in [5, 5.41) is 5.87. The second-order valence-electron chi connectivity index (χ2n) is 7.84. The van der Waals surface area contributed by atoms with Crippen molar-refractivity contribution in [2.45, 2.75) is 26.2 Å². The van der Waals surface area contributed by atoms with Gasteiger partial charge in [0.25, 0.3) is 0 Å². The Morgan fingerprint density at radius 1 is 0.968 bits per heavy atom. The third-order valence-corrected chi connectivity index (χ3v) is 5.76. The maximum Gasteiger partial charge on any atom is 0.328 e. The van der Waals surface area contributed by atoms with Gasteiger partial charge in [0.2, 0.25) is 0 Å². The van der Waals surface area contributed by atoms with Crippen LogP contribution in [0.25, 0.3) is 11.0 Å². The first-order valence-electron chi connectivity index (χ1n) is 10.7. The van der Waals surface area contributed by atoms with Gasteiger partial charge >= 0.3 is 11.7 Å². The maximum absolute atomic E-state index is 12.8. The fourth-order valence-electron chi connectivity index (χ4n) is 4.12. The van der Waals surface area contributed by atoms with Gasteiger partial charge in [-0.2, -0.15) is 0 Å². The second-order valence-corrected chi connectivity index (χ2v) is 7.84. The lowest BCUT2D eigenvalue weighted by Gasteiger charge is -2.30. The highest BCUT2D eigenvalue weighted by molar-refractivity contribution is 6.04. The summed E-state index contributed by atoms with van der Waals surface area (Å²) in [6, 6.07) is 10.8. The average molecular weight is 424 g/mol. The first-order valence-corrected chi connectivity index (χ1v) is 10.7. The van der Waals surface area contributed by atoms with Crippen LogP contribution in [0.5, 0.6) is 5.75 Å². The number of aryl methyl sites for hydroxylation is 2. The molecule has 1 aromatic heterocycles. The van der Waals surface area contributed by atoms with Crippen LogP contribution >= 0.6 is 0 Å². The molecule has 8 nitrogen and oxygen atoms in total. The number of hydrogen-bond acceptors (Lipinski definition) is 4. The Morgan fingerprint density at radius 2 is 1.61 bits per heavy atom. The van der Waals surface area contributed by atoms with E-state index in [4.69, 9.17) is 4.74 Å². The summed E-state index contributed by atoms with van der Waals surface area (Å²) in [6.07, 6.45) is 3.44. The Kier molecular flexibility index (Phi) is 5.88. The normalized spacial score (nSPS) is 14.0. The van der Waals surface area contributed by atoms with Crippen LogP contribution in [0.2, 0.25) is 0 Å². The van der Waals surface area contributed by atoms with E-state index in [1.165, 1.54) is 6.42 Å². The molecule has 2 N–H and O–H groups in total. The number of urea groups is 1. The fraction of sp³-hybridized carbons (Fsp3) is 0.391. The summed E-state index contributed by atoms with van der Waals surface area (Å²) in [5.41, 5.74) is 3.86. The Balaban J connectivity index is 1.63. The first-order chi connectivity index (χ1) is 15.0. The van der Waals surface area contributed by atoms with E-state index in [9.17, 15) is 9.59 Å². The van der Waals surface area contributed by atoms with Gasteiger partial charge in [0, 0.05) is 32.9 Å². The molecule has 2 aromatic carbocycles. The molecule has 1 aliphatic rings. The number of piperidine rings is 1. The van der Waals surface area contributed by atoms with Crippen LogP contribution in [0.4, 0.5) is 21.9 Å². The van der Waals surface area contributed by atoms with E-state index in [0.717, 1.165) is 48.4 Å². The zero-order valence-electron chi connectivity index (χ0n) is 18.3. The van der Waals surface area contributed by atoms with Crippen molar-refractivity contribution in [2.75, 3.05) is 35.2 Å². The molecule has 1 fully saturated rings. The van der Waals surface area contributed by atoms with Gasteiger partial charge in [-0.1, -0.05) is 0 Å². The molecule has 164 valence electrons. The molecule has 4 rings (SSSR count). The molecule has 0 spiro atoms. The first kappa shape index (κ1) is 20.8. The number of anilines is 3. The molecule has 0 unspecified atom stereocenters. The lowest BCUT2D eigenvalue weighted by molar-refractivity contribution is 0.262. The average Bonchev–Trinajstić information content (AvgIpc) is 2.99. The van der Waals surface area contributed by atoms with E-state index in [1.807, 2.05) is 31.2 Å². The fourth-order valence-corrected chi connectivity index (χ4v) is 4.12. The summed E-state index contributed by atoms with van der Waals surface area (Å²) >= 11 is 0. The van der Waals surface area contributed by atoms with Gasteiger partial charge in [-0.05, 0) is 62.6 Å². The van der Waals surface area contributed by atoms with Crippen molar-refractivity contribution in [3.05, 3.63) is 46.9 Å². The molecule has 0 aliphatic carbocycles. The number of imidazole rings is 1.